The van der Waals surface area contributed by atoms with Crippen LogP contribution in [-0.4, -0.2) is 35.8 Å². The lowest BCUT2D eigenvalue weighted by Crippen LogP contribution is -2.41. The van der Waals surface area contributed by atoms with Gasteiger partial charge in [0.15, 0.2) is 0 Å². The van der Waals surface area contributed by atoms with E-state index in [4.69, 9.17) is 4.74 Å². The molecule has 5 heteroatoms. The topological polar surface area (TPSA) is 59.1 Å². The summed E-state index contributed by atoms with van der Waals surface area (Å²) in [5.41, 5.74) is 1.13. The van der Waals surface area contributed by atoms with E-state index in [1.54, 1.807) is 6.33 Å². The van der Waals surface area contributed by atoms with Crippen molar-refractivity contribution in [1.82, 2.24) is 9.97 Å². The highest BCUT2D eigenvalue weighted by Crippen LogP contribution is 2.27. The van der Waals surface area contributed by atoms with Crippen LogP contribution in [0.15, 0.2) is 6.33 Å². The average molecular weight is 236 g/mol. The Balaban J connectivity index is 2.17. The van der Waals surface area contributed by atoms with Crippen LogP contribution in [0.25, 0.3) is 0 Å². The van der Waals surface area contributed by atoms with Gasteiger partial charge in [0.25, 0.3) is 0 Å². The van der Waals surface area contributed by atoms with Gasteiger partial charge in [0.05, 0.1) is 0 Å². The van der Waals surface area contributed by atoms with E-state index in [2.05, 4.69) is 27.5 Å². The molecule has 1 aromatic heterocycles. The lowest BCUT2D eigenvalue weighted by molar-refractivity contribution is 0.0657. The zero-order valence-corrected chi connectivity index (χ0v) is 10.7. The summed E-state index contributed by atoms with van der Waals surface area (Å²) < 4.78 is 5.39. The van der Waals surface area contributed by atoms with Gasteiger partial charge >= 0.3 is 0 Å². The van der Waals surface area contributed by atoms with E-state index in [1.165, 1.54) is 0 Å². The molecule has 0 unspecified atom stereocenters. The molecule has 1 aliphatic rings. The third-order valence-corrected chi connectivity index (χ3v) is 3.34. The number of nitrogens with zero attached hydrogens (tertiary/aromatic N) is 2. The average Bonchev–Trinajstić information content (AvgIpc) is 2.32. The Morgan fingerprint density at radius 1 is 1.24 bits per heavy atom. The van der Waals surface area contributed by atoms with E-state index in [0.29, 0.717) is 0 Å². The van der Waals surface area contributed by atoms with Crippen molar-refractivity contribution in [3.8, 4) is 0 Å². The van der Waals surface area contributed by atoms with Gasteiger partial charge < -0.3 is 15.4 Å². The van der Waals surface area contributed by atoms with Crippen molar-refractivity contribution in [2.75, 3.05) is 30.9 Å². The number of ether oxygens (including phenoxy) is 1. The monoisotopic (exact) mass is 236 g/mol. The summed E-state index contributed by atoms with van der Waals surface area (Å²) in [5.74, 6) is 1.78. The lowest BCUT2D eigenvalue weighted by atomic mass is 9.92. The van der Waals surface area contributed by atoms with Gasteiger partial charge in [-0.3, -0.25) is 0 Å². The van der Waals surface area contributed by atoms with Crippen molar-refractivity contribution >= 4 is 11.6 Å². The Morgan fingerprint density at radius 2 is 1.88 bits per heavy atom. The molecule has 94 valence electrons. The summed E-state index contributed by atoms with van der Waals surface area (Å²) in [5, 5.41) is 6.60. The fraction of sp³-hybridized carbons (Fsp3) is 0.667. The first kappa shape index (κ1) is 12.1. The van der Waals surface area contributed by atoms with Gasteiger partial charge in [-0.1, -0.05) is 0 Å². The van der Waals surface area contributed by atoms with Gasteiger partial charge in [0, 0.05) is 31.4 Å². The minimum Gasteiger partial charge on any atom is -0.381 e. The summed E-state index contributed by atoms with van der Waals surface area (Å²) in [6.45, 7) is 5.87. The molecule has 1 aliphatic heterocycles. The van der Waals surface area contributed by atoms with Crippen molar-refractivity contribution < 1.29 is 4.74 Å². The standard InChI is InChI=1S/C12H20N4O/c1-9-10(13-3)14-8-15-11(9)16-12(2)4-6-17-7-5-12/h8H,4-7H2,1-3H3,(H2,13,14,15,16). The number of nitrogens with one attached hydrogen (secondary N) is 2. The summed E-state index contributed by atoms with van der Waals surface area (Å²) >= 11 is 0. The van der Waals surface area contributed by atoms with Gasteiger partial charge in [0.1, 0.15) is 18.0 Å². The van der Waals surface area contributed by atoms with Crippen molar-refractivity contribution in [3.63, 3.8) is 0 Å². The molecule has 17 heavy (non-hydrogen) atoms. The van der Waals surface area contributed by atoms with Crippen LogP contribution in [0, 0.1) is 6.92 Å². The minimum absolute atomic E-state index is 0.0718. The van der Waals surface area contributed by atoms with E-state index >= 15 is 0 Å². The Labute approximate surface area is 102 Å². The number of hydrogen-bond acceptors (Lipinski definition) is 5. The number of anilines is 2. The van der Waals surface area contributed by atoms with Crippen LogP contribution < -0.4 is 10.6 Å². The molecule has 1 aromatic rings. The maximum atomic E-state index is 5.39. The molecular formula is C12H20N4O. The van der Waals surface area contributed by atoms with Gasteiger partial charge in [-0.2, -0.15) is 0 Å². The fourth-order valence-corrected chi connectivity index (χ4v) is 2.06. The molecule has 0 amide bonds. The second-order valence-electron chi connectivity index (χ2n) is 4.74. The predicted molar refractivity (Wildman–Crippen MR) is 68.4 cm³/mol. The second kappa shape index (κ2) is 4.87. The summed E-state index contributed by atoms with van der Waals surface area (Å²) in [6, 6.07) is 0. The molecule has 0 bridgehead atoms. The van der Waals surface area contributed by atoms with Crippen LogP contribution in [0.3, 0.4) is 0 Å². The van der Waals surface area contributed by atoms with Crippen molar-refractivity contribution in [2.45, 2.75) is 32.2 Å². The molecule has 2 heterocycles. The molecule has 0 atom stereocenters. The minimum atomic E-state index is 0.0718. The van der Waals surface area contributed by atoms with Crippen LogP contribution >= 0.6 is 0 Å². The van der Waals surface area contributed by atoms with Crippen LogP contribution in [0.4, 0.5) is 11.6 Å². The molecule has 1 saturated heterocycles. The van der Waals surface area contributed by atoms with Gasteiger partial charge in [-0.15, -0.1) is 0 Å². The molecule has 2 rings (SSSR count). The van der Waals surface area contributed by atoms with Crippen molar-refractivity contribution in [1.29, 1.82) is 0 Å². The molecule has 0 saturated carbocycles. The van der Waals surface area contributed by atoms with Gasteiger partial charge in [0.2, 0.25) is 0 Å². The van der Waals surface area contributed by atoms with E-state index in [0.717, 1.165) is 43.3 Å². The molecular weight excluding hydrogens is 216 g/mol. The Bertz CT molecular complexity index is 388. The molecule has 0 radical (unpaired) electrons. The Morgan fingerprint density at radius 3 is 2.53 bits per heavy atom. The normalized spacial score (nSPS) is 18.8. The van der Waals surface area contributed by atoms with Crippen LogP contribution in [0.2, 0.25) is 0 Å². The SMILES string of the molecule is CNc1ncnc(NC2(C)CCOCC2)c1C. The predicted octanol–water partition coefficient (Wildman–Crippen LogP) is 1.81. The van der Waals surface area contributed by atoms with Crippen molar-refractivity contribution in [3.05, 3.63) is 11.9 Å². The maximum absolute atomic E-state index is 5.39. The second-order valence-corrected chi connectivity index (χ2v) is 4.74. The molecule has 0 spiro atoms. The third kappa shape index (κ3) is 2.66. The highest BCUT2D eigenvalue weighted by Gasteiger charge is 2.28. The molecule has 1 fully saturated rings. The number of hydrogen-bond donors (Lipinski definition) is 2. The Hall–Kier alpha value is -1.36. The number of rotatable bonds is 3. The summed E-state index contributed by atoms with van der Waals surface area (Å²) in [4.78, 5) is 8.51. The smallest absolute Gasteiger partial charge is 0.134 e. The van der Waals surface area contributed by atoms with E-state index in [-0.39, 0.29) is 5.54 Å². The van der Waals surface area contributed by atoms with Crippen LogP contribution in [0.1, 0.15) is 25.3 Å². The Kier molecular flexibility index (Phi) is 3.47. The van der Waals surface area contributed by atoms with E-state index < -0.39 is 0 Å². The van der Waals surface area contributed by atoms with Gasteiger partial charge in [-0.25, -0.2) is 9.97 Å². The fourth-order valence-electron chi connectivity index (χ4n) is 2.06. The number of aromatic nitrogens is 2. The van der Waals surface area contributed by atoms with E-state index in [1.807, 2.05) is 14.0 Å². The zero-order valence-electron chi connectivity index (χ0n) is 10.7. The molecule has 0 aromatic carbocycles. The molecule has 5 nitrogen and oxygen atoms in total. The first-order chi connectivity index (χ1) is 8.14. The van der Waals surface area contributed by atoms with Crippen LogP contribution in [-0.2, 0) is 4.74 Å². The van der Waals surface area contributed by atoms with Crippen molar-refractivity contribution in [2.24, 2.45) is 0 Å². The quantitative estimate of drug-likeness (QED) is 0.838. The first-order valence-corrected chi connectivity index (χ1v) is 6.00. The summed E-state index contributed by atoms with van der Waals surface area (Å²) in [6.07, 6.45) is 3.60. The zero-order chi connectivity index (χ0) is 12.3. The summed E-state index contributed by atoms with van der Waals surface area (Å²) in [7, 11) is 1.87. The highest BCUT2D eigenvalue weighted by molar-refractivity contribution is 5.57. The van der Waals surface area contributed by atoms with Crippen LogP contribution in [0.5, 0.6) is 0 Å². The first-order valence-electron chi connectivity index (χ1n) is 6.00. The molecule has 2 N–H and O–H groups in total. The largest absolute Gasteiger partial charge is 0.381 e. The third-order valence-electron chi connectivity index (χ3n) is 3.34. The van der Waals surface area contributed by atoms with Gasteiger partial charge in [-0.05, 0) is 26.7 Å². The maximum Gasteiger partial charge on any atom is 0.134 e. The highest BCUT2D eigenvalue weighted by atomic mass is 16.5. The molecule has 0 aliphatic carbocycles. The van der Waals surface area contributed by atoms with E-state index in [9.17, 15) is 0 Å². The lowest BCUT2D eigenvalue weighted by Gasteiger charge is -2.35.